The van der Waals surface area contributed by atoms with Gasteiger partial charge in [-0.2, -0.15) is 23.1 Å². The van der Waals surface area contributed by atoms with Crippen molar-refractivity contribution in [2.45, 2.75) is 44.6 Å². The lowest BCUT2D eigenvalue weighted by Gasteiger charge is -2.30. The number of benzene rings is 1. The second kappa shape index (κ2) is 11.8. The number of halogens is 5. The van der Waals surface area contributed by atoms with E-state index < -0.39 is 39.9 Å². The summed E-state index contributed by atoms with van der Waals surface area (Å²) in [5.41, 5.74) is 9.59. The van der Waals surface area contributed by atoms with Crippen LogP contribution in [0.4, 0.5) is 35.0 Å². The van der Waals surface area contributed by atoms with Crippen LogP contribution in [0.1, 0.15) is 36.1 Å². The summed E-state index contributed by atoms with van der Waals surface area (Å²) < 4.78 is 78.1. The third-order valence-corrected chi connectivity index (χ3v) is 9.33. The first-order valence-corrected chi connectivity index (χ1v) is 15.5. The quantitative estimate of drug-likeness (QED) is 0.262. The average Bonchev–Trinajstić information content (AvgIpc) is 3.16. The van der Waals surface area contributed by atoms with E-state index in [0.29, 0.717) is 12.2 Å². The molecule has 0 saturated carbocycles. The lowest BCUT2D eigenvalue weighted by atomic mass is 9.98. The van der Waals surface area contributed by atoms with Gasteiger partial charge in [-0.15, -0.1) is 0 Å². The summed E-state index contributed by atoms with van der Waals surface area (Å²) in [5, 5.41) is -0.351. The molecular weight excluding hydrogens is 644 g/mol. The number of nitrogen functional groups attached to an aromatic ring is 2. The van der Waals surface area contributed by atoms with Crippen LogP contribution in [0.25, 0.3) is 22.2 Å². The minimum absolute atomic E-state index is 0.0180. The van der Waals surface area contributed by atoms with Crippen molar-refractivity contribution in [2.24, 2.45) is 0 Å². The minimum Gasteiger partial charge on any atom is -0.489 e. The normalized spacial score (nSPS) is 21.4. The average molecular weight is 675 g/mol. The summed E-state index contributed by atoms with van der Waals surface area (Å²) in [4.78, 5) is 21.4. The zero-order chi connectivity index (χ0) is 33.2. The van der Waals surface area contributed by atoms with E-state index in [9.17, 15) is 13.2 Å². The number of pyridine rings is 2. The molecule has 11 nitrogen and oxygen atoms in total. The van der Waals surface area contributed by atoms with Crippen LogP contribution in [-0.4, -0.2) is 76.4 Å². The summed E-state index contributed by atoms with van der Waals surface area (Å²) in [6.07, 6.45) is -2.49. The maximum atomic E-state index is 16.9. The maximum absolute atomic E-state index is 16.9. The van der Waals surface area contributed by atoms with Crippen molar-refractivity contribution in [3.63, 3.8) is 0 Å². The SMILES string of the molecule is Cc1cc(N)nc(-c2c(Cl)c3c4c(nc(OC[C@@H]5C[C@@H]6CN5CCO6)nc4c2F)N([C@H](C)c2cccnc2N)CCO3)c1C(F)(F)F. The molecule has 0 spiro atoms. The number of morpholine rings is 1. The van der Waals surface area contributed by atoms with Gasteiger partial charge in [-0.25, -0.2) is 14.4 Å². The Morgan fingerprint density at radius 1 is 1.17 bits per heavy atom. The Labute approximate surface area is 271 Å². The van der Waals surface area contributed by atoms with Gasteiger partial charge in [-0.3, -0.25) is 4.90 Å². The highest BCUT2D eigenvalue weighted by Crippen LogP contribution is 2.51. The molecule has 7 rings (SSSR count). The lowest BCUT2D eigenvalue weighted by Crippen LogP contribution is -2.39. The van der Waals surface area contributed by atoms with Gasteiger partial charge in [0.2, 0.25) is 0 Å². The van der Waals surface area contributed by atoms with Crippen LogP contribution in [0.2, 0.25) is 5.02 Å². The highest BCUT2D eigenvalue weighted by Gasteiger charge is 2.41. The number of alkyl halides is 3. The van der Waals surface area contributed by atoms with E-state index in [1.54, 1.807) is 12.3 Å². The van der Waals surface area contributed by atoms with Gasteiger partial charge >= 0.3 is 12.2 Å². The molecule has 16 heteroatoms. The molecule has 3 aromatic heterocycles. The Bertz CT molecular complexity index is 1880. The van der Waals surface area contributed by atoms with E-state index in [-0.39, 0.29) is 77.6 Å². The van der Waals surface area contributed by atoms with E-state index in [0.717, 1.165) is 25.6 Å². The van der Waals surface area contributed by atoms with Gasteiger partial charge < -0.3 is 30.6 Å². The van der Waals surface area contributed by atoms with E-state index in [1.165, 1.54) is 6.92 Å². The molecule has 2 saturated heterocycles. The first kappa shape index (κ1) is 31.4. The van der Waals surface area contributed by atoms with Crippen LogP contribution in [-0.2, 0) is 10.9 Å². The summed E-state index contributed by atoms with van der Waals surface area (Å²) in [6, 6.07) is 4.03. The minimum atomic E-state index is -4.90. The third-order valence-electron chi connectivity index (χ3n) is 8.97. The van der Waals surface area contributed by atoms with Crippen LogP contribution >= 0.6 is 11.6 Å². The van der Waals surface area contributed by atoms with Gasteiger partial charge in [0.25, 0.3) is 0 Å². The second-order valence-corrected chi connectivity index (χ2v) is 12.2. The maximum Gasteiger partial charge on any atom is 0.418 e. The molecule has 2 fully saturated rings. The first-order valence-electron chi connectivity index (χ1n) is 15.1. The number of nitrogens with zero attached hydrogens (tertiary/aromatic N) is 6. The van der Waals surface area contributed by atoms with E-state index in [4.69, 9.17) is 42.3 Å². The molecule has 4 aromatic rings. The fourth-order valence-electron chi connectivity index (χ4n) is 6.78. The molecule has 0 aliphatic carbocycles. The number of aryl methyl sites for hydroxylation is 1. The Kier molecular flexibility index (Phi) is 7.88. The molecule has 3 aliphatic heterocycles. The number of nitrogens with two attached hydrogens (primary N) is 2. The molecule has 4 N–H and O–H groups in total. The van der Waals surface area contributed by atoms with Crippen molar-refractivity contribution in [1.82, 2.24) is 24.8 Å². The Morgan fingerprint density at radius 3 is 2.72 bits per heavy atom. The van der Waals surface area contributed by atoms with Crippen LogP contribution in [0.5, 0.6) is 11.8 Å². The Morgan fingerprint density at radius 2 is 1.98 bits per heavy atom. The van der Waals surface area contributed by atoms with Crippen LogP contribution in [0, 0.1) is 12.7 Å². The van der Waals surface area contributed by atoms with Crippen molar-refractivity contribution in [1.29, 1.82) is 0 Å². The van der Waals surface area contributed by atoms with Crippen LogP contribution in [0.3, 0.4) is 0 Å². The van der Waals surface area contributed by atoms with Gasteiger partial charge in [0.15, 0.2) is 11.6 Å². The topological polar surface area (TPSA) is 138 Å². The zero-order valence-electron chi connectivity index (χ0n) is 25.4. The number of aromatic nitrogens is 4. The molecular formula is C31H31ClF4N8O3. The smallest absolute Gasteiger partial charge is 0.418 e. The zero-order valence-corrected chi connectivity index (χ0v) is 26.2. The molecule has 47 heavy (non-hydrogen) atoms. The Balaban J connectivity index is 1.44. The number of hydrogen-bond donors (Lipinski definition) is 2. The molecule has 0 radical (unpaired) electrons. The second-order valence-electron chi connectivity index (χ2n) is 11.9. The van der Waals surface area contributed by atoms with Gasteiger partial charge in [-0.05, 0) is 38.0 Å². The Hall–Kier alpha value is -4.21. The first-order chi connectivity index (χ1) is 22.4. The van der Waals surface area contributed by atoms with E-state index in [1.807, 2.05) is 17.9 Å². The monoisotopic (exact) mass is 674 g/mol. The molecule has 1 unspecified atom stereocenters. The lowest BCUT2D eigenvalue weighted by molar-refractivity contribution is -0.137. The number of fused-ring (bicyclic) bond motifs is 2. The number of hydrogen-bond acceptors (Lipinski definition) is 11. The van der Waals surface area contributed by atoms with Crippen LogP contribution in [0.15, 0.2) is 24.4 Å². The van der Waals surface area contributed by atoms with Crippen LogP contribution < -0.4 is 25.8 Å². The summed E-state index contributed by atoms with van der Waals surface area (Å²) in [5.74, 6) is -0.982. The highest BCUT2D eigenvalue weighted by molar-refractivity contribution is 6.36. The summed E-state index contributed by atoms with van der Waals surface area (Å²) in [6.45, 7) is 5.68. The van der Waals surface area contributed by atoms with Crippen molar-refractivity contribution >= 4 is 40.0 Å². The van der Waals surface area contributed by atoms with Crippen molar-refractivity contribution < 1.29 is 31.8 Å². The summed E-state index contributed by atoms with van der Waals surface area (Å²) >= 11 is 6.78. The number of anilines is 3. The fourth-order valence-corrected chi connectivity index (χ4v) is 7.10. The standard InChI is InChI=1S/C31H31ClF4N8O3/c1-14-10-19(37)40-25(22(14)31(34,35)36)20-23(32)27-21-26(24(20)33)41-30(47-13-16-11-17-12-43(16)6-8-45-17)42-29(21)44(7-9-46-27)15(2)18-4-3-5-39-28(18)38/h3-5,10,15-17H,6-9,11-13H2,1-2H3,(H2,37,40)(H2,38,39)/t15-,16+,17-/m1/s1. The van der Waals surface area contributed by atoms with Crippen molar-refractivity contribution in [3.05, 3.63) is 51.9 Å². The van der Waals surface area contributed by atoms with E-state index >= 15 is 4.39 Å². The van der Waals surface area contributed by atoms with Gasteiger partial charge in [0.05, 0.1) is 52.5 Å². The molecule has 3 aliphatic rings. The molecule has 6 heterocycles. The van der Waals surface area contributed by atoms with Crippen molar-refractivity contribution in [3.8, 4) is 23.0 Å². The number of ether oxygens (including phenoxy) is 3. The van der Waals surface area contributed by atoms with Gasteiger partial charge in [-0.1, -0.05) is 17.7 Å². The van der Waals surface area contributed by atoms with E-state index in [2.05, 4.69) is 19.9 Å². The predicted molar refractivity (Wildman–Crippen MR) is 167 cm³/mol. The predicted octanol–water partition coefficient (Wildman–Crippen LogP) is 5.18. The highest BCUT2D eigenvalue weighted by atomic mass is 35.5. The van der Waals surface area contributed by atoms with Crippen molar-refractivity contribution in [2.75, 3.05) is 55.8 Å². The number of rotatable bonds is 6. The largest absolute Gasteiger partial charge is 0.489 e. The molecule has 2 bridgehead atoms. The third kappa shape index (κ3) is 5.49. The molecule has 248 valence electrons. The fraction of sp³-hybridized carbons (Fsp3) is 0.419. The molecule has 0 amide bonds. The van der Waals surface area contributed by atoms with Gasteiger partial charge in [0, 0.05) is 30.9 Å². The van der Waals surface area contributed by atoms with Gasteiger partial charge in [0.1, 0.15) is 36.2 Å². The molecule has 4 atom stereocenters. The molecule has 1 aromatic carbocycles. The summed E-state index contributed by atoms with van der Waals surface area (Å²) in [7, 11) is 0.